The van der Waals surface area contributed by atoms with E-state index in [0.717, 1.165) is 74.0 Å². The van der Waals surface area contributed by atoms with Gasteiger partial charge in [-0.25, -0.2) is 18.4 Å². The first kappa shape index (κ1) is 30.6. The van der Waals surface area contributed by atoms with Gasteiger partial charge in [-0.1, -0.05) is 52.4 Å². The van der Waals surface area contributed by atoms with E-state index in [9.17, 15) is 9.59 Å². The number of carbonyl (C=O) groups excluding carboxylic acids is 2. The Bertz CT molecular complexity index is 1310. The van der Waals surface area contributed by atoms with Crippen molar-refractivity contribution in [2.75, 3.05) is 13.2 Å². The highest BCUT2D eigenvalue weighted by Crippen LogP contribution is 2.46. The first-order valence-corrected chi connectivity index (χ1v) is 16.9. The van der Waals surface area contributed by atoms with Crippen LogP contribution in [-0.2, 0) is 9.47 Å². The summed E-state index contributed by atoms with van der Waals surface area (Å²) in [7, 11) is 0. The zero-order valence-corrected chi connectivity index (χ0v) is 25.8. The molecule has 0 spiro atoms. The number of thiophene rings is 4. The van der Waals surface area contributed by atoms with Crippen molar-refractivity contribution in [3.8, 4) is 29.3 Å². The fourth-order valence-electron chi connectivity index (χ4n) is 4.14. The predicted molar refractivity (Wildman–Crippen MR) is 163 cm³/mol. The Balaban J connectivity index is 1.50. The van der Waals surface area contributed by atoms with Gasteiger partial charge < -0.3 is 9.47 Å². The second-order valence-electron chi connectivity index (χ2n) is 9.30. The van der Waals surface area contributed by atoms with E-state index in [0.29, 0.717) is 43.8 Å². The molecule has 0 aliphatic rings. The molecule has 0 N–H and O–H groups in total. The van der Waals surface area contributed by atoms with E-state index in [2.05, 4.69) is 13.8 Å². The van der Waals surface area contributed by atoms with E-state index in [1.54, 1.807) is 22.9 Å². The van der Waals surface area contributed by atoms with Crippen molar-refractivity contribution < 1.29 is 27.8 Å². The zero-order valence-electron chi connectivity index (χ0n) is 22.6. The van der Waals surface area contributed by atoms with Crippen molar-refractivity contribution in [3.63, 3.8) is 0 Å². The molecule has 0 radical (unpaired) electrons. The molecule has 214 valence electrons. The number of rotatable bonds is 15. The topological polar surface area (TPSA) is 52.6 Å². The molecule has 0 saturated carbocycles. The van der Waals surface area contributed by atoms with Gasteiger partial charge in [0.15, 0.2) is 0 Å². The van der Waals surface area contributed by atoms with Gasteiger partial charge in [-0.2, -0.15) is 0 Å². The molecule has 0 atom stereocenters. The van der Waals surface area contributed by atoms with E-state index in [-0.39, 0.29) is 9.75 Å². The molecule has 0 fully saturated rings. The molecule has 0 aromatic carbocycles. The maximum Gasteiger partial charge on any atom is 0.339 e. The summed E-state index contributed by atoms with van der Waals surface area (Å²) in [4.78, 5) is 28.0. The molecule has 4 aromatic heterocycles. The maximum absolute atomic E-state index is 15.2. The van der Waals surface area contributed by atoms with E-state index in [4.69, 9.17) is 9.47 Å². The van der Waals surface area contributed by atoms with Crippen LogP contribution in [0.5, 0.6) is 0 Å². The van der Waals surface area contributed by atoms with Crippen LogP contribution in [0.25, 0.3) is 29.3 Å². The summed E-state index contributed by atoms with van der Waals surface area (Å²) in [6, 6.07) is 6.04. The first-order valence-electron chi connectivity index (χ1n) is 13.5. The molecular weight excluding hydrogens is 591 g/mol. The number of hydrogen-bond acceptors (Lipinski definition) is 8. The van der Waals surface area contributed by atoms with E-state index in [1.165, 1.54) is 34.8 Å². The number of esters is 2. The lowest BCUT2D eigenvalue weighted by Gasteiger charge is -2.05. The lowest BCUT2D eigenvalue weighted by molar-refractivity contribution is 0.0490. The van der Waals surface area contributed by atoms with Crippen LogP contribution in [0.3, 0.4) is 0 Å². The molecule has 0 bridgehead atoms. The minimum atomic E-state index is -0.558. The minimum absolute atomic E-state index is 0.160. The van der Waals surface area contributed by atoms with Gasteiger partial charge in [0.2, 0.25) is 0 Å². The molecule has 0 saturated heterocycles. The van der Waals surface area contributed by atoms with Crippen LogP contribution < -0.4 is 0 Å². The molecule has 0 amide bonds. The quantitative estimate of drug-likeness (QED) is 0.0978. The molecule has 10 heteroatoms. The van der Waals surface area contributed by atoms with Crippen LogP contribution in [0.1, 0.15) is 85.9 Å². The third-order valence-corrected chi connectivity index (χ3v) is 10.8. The van der Waals surface area contributed by atoms with Crippen LogP contribution in [-0.4, -0.2) is 25.2 Å². The fraction of sp³-hybridized carbons (Fsp3) is 0.400. The van der Waals surface area contributed by atoms with E-state index < -0.39 is 23.6 Å². The highest BCUT2D eigenvalue weighted by Gasteiger charge is 2.25. The lowest BCUT2D eigenvalue weighted by Crippen LogP contribution is -2.06. The highest BCUT2D eigenvalue weighted by molar-refractivity contribution is 7.28. The fourth-order valence-corrected chi connectivity index (χ4v) is 8.37. The molecule has 4 nitrogen and oxygen atoms in total. The van der Waals surface area contributed by atoms with Gasteiger partial charge in [0.05, 0.1) is 43.8 Å². The van der Waals surface area contributed by atoms with Crippen LogP contribution >= 0.6 is 45.3 Å². The summed E-state index contributed by atoms with van der Waals surface area (Å²) in [5, 5.41) is 3.54. The molecule has 4 aromatic rings. The Morgan fingerprint density at radius 2 is 1.07 bits per heavy atom. The summed E-state index contributed by atoms with van der Waals surface area (Å²) < 4.78 is 41.2. The molecule has 4 heterocycles. The number of halogens is 2. The normalized spacial score (nSPS) is 11.2. The summed E-state index contributed by atoms with van der Waals surface area (Å²) in [6.07, 6.45) is 8.00. The Morgan fingerprint density at radius 1 is 0.650 bits per heavy atom. The smallest absolute Gasteiger partial charge is 0.339 e. The van der Waals surface area contributed by atoms with Gasteiger partial charge in [-0.05, 0) is 47.9 Å². The van der Waals surface area contributed by atoms with E-state index in [1.807, 2.05) is 0 Å². The molecule has 40 heavy (non-hydrogen) atoms. The van der Waals surface area contributed by atoms with Gasteiger partial charge in [0.1, 0.15) is 11.6 Å². The van der Waals surface area contributed by atoms with Crippen molar-refractivity contribution in [2.45, 2.75) is 65.2 Å². The van der Waals surface area contributed by atoms with Gasteiger partial charge in [0.25, 0.3) is 0 Å². The molecule has 4 rings (SSSR count). The zero-order chi connectivity index (χ0) is 28.5. The number of hydrogen-bond donors (Lipinski definition) is 0. The Kier molecular flexibility index (Phi) is 11.5. The predicted octanol–water partition coefficient (Wildman–Crippen LogP) is 10.7. The van der Waals surface area contributed by atoms with Crippen LogP contribution in [0.2, 0.25) is 0 Å². The van der Waals surface area contributed by atoms with Crippen molar-refractivity contribution in [3.05, 3.63) is 57.8 Å². The average Bonchev–Trinajstić information content (AvgIpc) is 3.74. The average molecular weight is 623 g/mol. The van der Waals surface area contributed by atoms with Crippen molar-refractivity contribution in [2.24, 2.45) is 0 Å². The van der Waals surface area contributed by atoms with Gasteiger partial charge in [0, 0.05) is 9.75 Å². The third kappa shape index (κ3) is 7.46. The number of carbonyl (C=O) groups is 2. The monoisotopic (exact) mass is 622 g/mol. The SMILES string of the molecule is CCCCCCOC(=O)c1ccsc1-c1cc(F)c(-c2sc(-c3sccc3C(=O)OCCCCCC)cc2F)s1. The van der Waals surface area contributed by atoms with Crippen molar-refractivity contribution in [1.29, 1.82) is 0 Å². The highest BCUT2D eigenvalue weighted by atomic mass is 32.1. The van der Waals surface area contributed by atoms with Crippen molar-refractivity contribution in [1.82, 2.24) is 0 Å². The summed E-state index contributed by atoms with van der Waals surface area (Å²) >= 11 is 4.84. The number of ether oxygens (including phenoxy) is 2. The molecule has 0 unspecified atom stereocenters. The third-order valence-electron chi connectivity index (χ3n) is 6.26. The molecular formula is C30H32F2O4S4. The van der Waals surface area contributed by atoms with Gasteiger partial charge in [-0.15, -0.1) is 45.3 Å². The Hall–Kier alpha value is -2.40. The minimum Gasteiger partial charge on any atom is -0.462 e. The van der Waals surface area contributed by atoms with Crippen LogP contribution in [0, 0.1) is 11.6 Å². The van der Waals surface area contributed by atoms with E-state index >= 15 is 8.78 Å². The standard InChI is InChI=1S/C30H32F2O4S4/c1-3-5-7-9-13-35-29(33)19-11-15-37-25(19)23-17-21(31)27(39-23)28-22(32)18-24(40-28)26-20(12-16-38-26)30(34)36-14-10-8-6-4-2/h11-12,15-18H,3-10,13-14H2,1-2H3. The maximum atomic E-state index is 15.2. The van der Waals surface area contributed by atoms with Crippen LogP contribution in [0.4, 0.5) is 8.78 Å². The van der Waals surface area contributed by atoms with Gasteiger partial charge in [-0.3, -0.25) is 0 Å². The molecule has 0 aliphatic heterocycles. The van der Waals surface area contributed by atoms with Crippen LogP contribution in [0.15, 0.2) is 35.0 Å². The largest absolute Gasteiger partial charge is 0.462 e. The molecule has 0 aliphatic carbocycles. The lowest BCUT2D eigenvalue weighted by atomic mass is 10.2. The summed E-state index contributed by atoms with van der Waals surface area (Å²) in [5.74, 6) is -1.99. The Labute approximate surface area is 249 Å². The first-order chi connectivity index (χ1) is 19.4. The summed E-state index contributed by atoms with van der Waals surface area (Å²) in [6.45, 7) is 4.93. The second-order valence-corrected chi connectivity index (χ2v) is 13.2. The summed E-state index contributed by atoms with van der Waals surface area (Å²) in [5.41, 5.74) is 0.772. The second kappa shape index (κ2) is 15.0. The Morgan fingerprint density at radius 3 is 1.48 bits per heavy atom. The van der Waals surface area contributed by atoms with Gasteiger partial charge >= 0.3 is 11.9 Å². The van der Waals surface area contributed by atoms with Crippen molar-refractivity contribution >= 4 is 57.3 Å². The number of unbranched alkanes of at least 4 members (excludes halogenated alkanes) is 6.